The van der Waals surface area contributed by atoms with E-state index < -0.39 is 0 Å². The van der Waals surface area contributed by atoms with E-state index in [2.05, 4.69) is 25.2 Å². The van der Waals surface area contributed by atoms with Gasteiger partial charge in [0.1, 0.15) is 5.82 Å². The van der Waals surface area contributed by atoms with E-state index in [1.54, 1.807) is 11.6 Å². The smallest absolute Gasteiger partial charge is 0.261 e. The summed E-state index contributed by atoms with van der Waals surface area (Å²) in [4.78, 5) is 18.0. The van der Waals surface area contributed by atoms with Gasteiger partial charge in [0, 0.05) is 31.4 Å². The Morgan fingerprint density at radius 2 is 2.00 bits per heavy atom. The molecule has 0 aliphatic heterocycles. The Kier molecular flexibility index (Phi) is 7.31. The highest BCUT2D eigenvalue weighted by Gasteiger charge is 2.15. The summed E-state index contributed by atoms with van der Waals surface area (Å²) < 4.78 is 1.62. The lowest BCUT2D eigenvalue weighted by atomic mass is 10.0. The number of aromatic nitrogens is 2. The third-order valence-corrected chi connectivity index (χ3v) is 5.72. The Morgan fingerprint density at radius 1 is 1.29 bits per heavy atom. The normalized spacial score (nSPS) is 13.6. The molecular weight excluding hydrogens is 408 g/mol. The van der Waals surface area contributed by atoms with Crippen molar-refractivity contribution in [2.45, 2.75) is 39.8 Å². The van der Waals surface area contributed by atoms with E-state index in [9.17, 15) is 4.79 Å². The summed E-state index contributed by atoms with van der Waals surface area (Å²) >= 11 is 6.09. The molecule has 3 aromatic rings. The Bertz CT molecular complexity index is 1200. The number of hydrogen-bond acceptors (Lipinski definition) is 4. The van der Waals surface area contributed by atoms with E-state index in [0.717, 1.165) is 34.2 Å². The van der Waals surface area contributed by atoms with Crippen LogP contribution < -0.4 is 16.6 Å². The van der Waals surface area contributed by atoms with Gasteiger partial charge in [0.2, 0.25) is 0 Å². The van der Waals surface area contributed by atoms with Crippen LogP contribution in [0.2, 0.25) is 0 Å². The topological polar surface area (TPSA) is 72.9 Å². The van der Waals surface area contributed by atoms with Crippen LogP contribution in [-0.2, 0) is 13.6 Å². The lowest BCUT2D eigenvalue weighted by Gasteiger charge is -2.18. The van der Waals surface area contributed by atoms with Gasteiger partial charge in [-0.2, -0.15) is 0 Å². The summed E-state index contributed by atoms with van der Waals surface area (Å²) in [7, 11) is 1.77. The fraction of sp³-hybridized carbons (Fsp3) is 0.280. The van der Waals surface area contributed by atoms with Crippen molar-refractivity contribution in [1.29, 1.82) is 0 Å². The van der Waals surface area contributed by atoms with Gasteiger partial charge in [0.25, 0.3) is 5.56 Å². The molecule has 31 heavy (non-hydrogen) atoms. The van der Waals surface area contributed by atoms with Crippen LogP contribution in [0.1, 0.15) is 31.4 Å². The third-order valence-electron chi connectivity index (χ3n) is 5.48. The highest BCUT2D eigenvalue weighted by molar-refractivity contribution is 6.31. The number of nitrogens with one attached hydrogen (secondary N) is 1. The maximum absolute atomic E-state index is 13.1. The number of allylic oxidation sites excluding steroid dienone is 2. The third kappa shape index (κ3) is 5.06. The maximum atomic E-state index is 13.1. The summed E-state index contributed by atoms with van der Waals surface area (Å²) in [5.41, 5.74) is 10.3. The summed E-state index contributed by atoms with van der Waals surface area (Å²) in [6.07, 6.45) is 4.14. The van der Waals surface area contributed by atoms with Gasteiger partial charge in [0.05, 0.1) is 15.9 Å². The van der Waals surface area contributed by atoms with Crippen LogP contribution in [0.5, 0.6) is 0 Å². The van der Waals surface area contributed by atoms with Crippen LogP contribution in [-0.4, -0.2) is 15.6 Å². The number of hydrogen-bond donors (Lipinski definition) is 2. The molecule has 162 valence electrons. The predicted molar refractivity (Wildman–Crippen MR) is 130 cm³/mol. The molecule has 6 heteroatoms. The van der Waals surface area contributed by atoms with Gasteiger partial charge in [-0.05, 0) is 43.5 Å². The molecule has 0 radical (unpaired) electrons. The lowest BCUT2D eigenvalue weighted by molar-refractivity contribution is 0.597. The molecule has 1 unspecified atom stereocenters. The Balaban J connectivity index is 2.03. The predicted octanol–water partition coefficient (Wildman–Crippen LogP) is 4.76. The van der Waals surface area contributed by atoms with Gasteiger partial charge < -0.3 is 11.1 Å². The van der Waals surface area contributed by atoms with E-state index in [1.807, 2.05) is 49.4 Å². The molecule has 0 saturated carbocycles. The van der Waals surface area contributed by atoms with Crippen LogP contribution >= 0.6 is 11.6 Å². The van der Waals surface area contributed by atoms with Crippen molar-refractivity contribution in [3.63, 3.8) is 0 Å². The molecule has 0 aliphatic rings. The van der Waals surface area contributed by atoms with Crippen molar-refractivity contribution in [2.24, 2.45) is 12.8 Å². The molecule has 3 rings (SSSR count). The zero-order valence-electron chi connectivity index (χ0n) is 18.4. The molecule has 1 atom stereocenters. The molecule has 1 heterocycles. The van der Waals surface area contributed by atoms with Crippen molar-refractivity contribution >= 4 is 22.5 Å². The Labute approximate surface area is 188 Å². The number of benzene rings is 2. The van der Waals surface area contributed by atoms with Gasteiger partial charge in [-0.1, -0.05) is 60.5 Å². The molecule has 0 fully saturated rings. The fourth-order valence-electron chi connectivity index (χ4n) is 3.74. The second-order valence-corrected chi connectivity index (χ2v) is 8.15. The first-order chi connectivity index (χ1) is 14.8. The number of rotatable bonds is 7. The van der Waals surface area contributed by atoms with E-state index in [-0.39, 0.29) is 11.6 Å². The minimum atomic E-state index is -0.0455. The zero-order valence-corrected chi connectivity index (χ0v) is 19.2. The minimum Gasteiger partial charge on any atom is -0.403 e. The molecular formula is C25H29ClN4O. The van der Waals surface area contributed by atoms with Crippen molar-refractivity contribution < 1.29 is 0 Å². The van der Waals surface area contributed by atoms with Crippen molar-refractivity contribution in [2.75, 3.05) is 0 Å². The van der Waals surface area contributed by atoms with Crippen molar-refractivity contribution in [3.05, 3.63) is 86.8 Å². The van der Waals surface area contributed by atoms with E-state index in [0.29, 0.717) is 22.8 Å². The summed E-state index contributed by atoms with van der Waals surface area (Å²) in [6.45, 7) is 6.76. The second-order valence-electron chi connectivity index (χ2n) is 7.71. The van der Waals surface area contributed by atoms with Gasteiger partial charge in [-0.25, -0.2) is 4.98 Å². The van der Waals surface area contributed by atoms with Crippen molar-refractivity contribution in [1.82, 2.24) is 14.9 Å². The Hall–Kier alpha value is -2.89. The molecule has 0 bridgehead atoms. The molecule has 0 saturated heterocycles. The van der Waals surface area contributed by atoms with Crippen LogP contribution in [0.3, 0.4) is 0 Å². The molecule has 0 aliphatic carbocycles. The van der Waals surface area contributed by atoms with Crippen LogP contribution in [0.4, 0.5) is 0 Å². The number of nitrogens with two attached hydrogens (primary N) is 1. The Morgan fingerprint density at radius 3 is 2.65 bits per heavy atom. The second kappa shape index (κ2) is 9.94. The first-order valence-corrected chi connectivity index (χ1v) is 10.8. The van der Waals surface area contributed by atoms with Gasteiger partial charge in [0.15, 0.2) is 0 Å². The summed E-state index contributed by atoms with van der Waals surface area (Å²) in [5, 5.41) is 4.70. The van der Waals surface area contributed by atoms with Crippen LogP contribution in [0, 0.1) is 6.92 Å². The molecule has 0 spiro atoms. The molecule has 3 N–H and O–H groups in total. The monoisotopic (exact) mass is 436 g/mol. The number of halogens is 1. The highest BCUT2D eigenvalue weighted by atomic mass is 35.5. The SMILES string of the molecule is CC/C(=C/C(Cl)=C\N)C(C)NCc1cc(C)cc2c(=O)n(C)c(-c3ccccc3)nc12. The fourth-order valence-corrected chi connectivity index (χ4v) is 3.88. The average molecular weight is 437 g/mol. The van der Waals surface area contributed by atoms with Gasteiger partial charge >= 0.3 is 0 Å². The van der Waals surface area contributed by atoms with E-state index >= 15 is 0 Å². The number of aryl methyl sites for hydroxylation is 1. The largest absolute Gasteiger partial charge is 0.403 e. The standard InChI is InChI=1S/C25H29ClN4O/c1-5-18(13-21(26)14-27)17(3)28-15-20-11-16(2)12-22-23(20)29-24(30(4)25(22)31)19-9-7-6-8-10-19/h6-14,17,28H,5,15,27H2,1-4H3/b18-13-,21-14+. The van der Waals surface area contributed by atoms with Crippen LogP contribution in [0.25, 0.3) is 22.3 Å². The summed E-state index contributed by atoms with van der Waals surface area (Å²) in [6, 6.07) is 13.9. The highest BCUT2D eigenvalue weighted by Crippen LogP contribution is 2.22. The first kappa shape index (κ1) is 22.8. The van der Waals surface area contributed by atoms with Crippen LogP contribution in [0.15, 0.2) is 70.1 Å². The molecule has 0 amide bonds. The quantitative estimate of drug-likeness (QED) is 0.523. The lowest BCUT2D eigenvalue weighted by Crippen LogP contribution is -2.28. The van der Waals surface area contributed by atoms with Crippen molar-refractivity contribution in [3.8, 4) is 11.4 Å². The van der Waals surface area contributed by atoms with Gasteiger partial charge in [-0.15, -0.1) is 0 Å². The van der Waals surface area contributed by atoms with Gasteiger partial charge in [-0.3, -0.25) is 9.36 Å². The number of fused-ring (bicyclic) bond motifs is 1. The first-order valence-electron chi connectivity index (χ1n) is 10.4. The zero-order chi connectivity index (χ0) is 22.5. The maximum Gasteiger partial charge on any atom is 0.261 e. The molecule has 2 aromatic carbocycles. The molecule has 5 nitrogen and oxygen atoms in total. The summed E-state index contributed by atoms with van der Waals surface area (Å²) in [5.74, 6) is 0.658. The minimum absolute atomic E-state index is 0.0455. The average Bonchev–Trinajstić information content (AvgIpc) is 2.78. The van der Waals surface area contributed by atoms with E-state index in [1.165, 1.54) is 6.20 Å². The van der Waals surface area contributed by atoms with E-state index in [4.69, 9.17) is 22.3 Å². The molecule has 1 aromatic heterocycles. The number of nitrogens with zero attached hydrogens (tertiary/aromatic N) is 2.